The van der Waals surface area contributed by atoms with Crippen molar-refractivity contribution in [2.24, 2.45) is 5.73 Å². The quantitative estimate of drug-likeness (QED) is 0.646. The van der Waals surface area contributed by atoms with Gasteiger partial charge in [-0.2, -0.15) is 0 Å². The van der Waals surface area contributed by atoms with E-state index < -0.39 is 15.9 Å². The van der Waals surface area contributed by atoms with Crippen LogP contribution in [-0.2, 0) is 14.6 Å². The Morgan fingerprint density at radius 1 is 1.57 bits per heavy atom. The van der Waals surface area contributed by atoms with Crippen molar-refractivity contribution in [2.45, 2.75) is 25.4 Å². The monoisotopic (exact) mass is 220 g/mol. The molecule has 1 rings (SSSR count). The maximum atomic E-state index is 11.4. The van der Waals surface area contributed by atoms with E-state index in [9.17, 15) is 13.2 Å². The van der Waals surface area contributed by atoms with Gasteiger partial charge in [0.1, 0.15) is 0 Å². The molecule has 0 aromatic carbocycles. The summed E-state index contributed by atoms with van der Waals surface area (Å²) in [5.74, 6) is 0.0445. The van der Waals surface area contributed by atoms with Gasteiger partial charge in [-0.25, -0.2) is 8.42 Å². The Hall–Kier alpha value is -0.620. The van der Waals surface area contributed by atoms with Crippen molar-refractivity contribution in [3.8, 4) is 0 Å². The lowest BCUT2D eigenvalue weighted by molar-refractivity contribution is -0.132. The first-order valence-corrected chi connectivity index (χ1v) is 6.38. The van der Waals surface area contributed by atoms with Crippen molar-refractivity contribution in [3.05, 3.63) is 0 Å². The number of hydrogen-bond acceptors (Lipinski definition) is 4. The average Bonchev–Trinajstić information content (AvgIpc) is 2.43. The van der Waals surface area contributed by atoms with Crippen LogP contribution in [0.2, 0.25) is 0 Å². The summed E-state index contributed by atoms with van der Waals surface area (Å²) in [7, 11) is -1.33. The minimum atomic E-state index is -2.93. The number of nitrogens with zero attached hydrogens (tertiary/aromatic N) is 1. The Morgan fingerprint density at radius 3 is 2.50 bits per heavy atom. The first kappa shape index (κ1) is 11.5. The van der Waals surface area contributed by atoms with Gasteiger partial charge in [0.05, 0.1) is 17.5 Å². The van der Waals surface area contributed by atoms with E-state index in [0.29, 0.717) is 6.42 Å². The van der Waals surface area contributed by atoms with Crippen LogP contribution in [0.3, 0.4) is 0 Å². The predicted molar refractivity (Wildman–Crippen MR) is 53.5 cm³/mol. The summed E-state index contributed by atoms with van der Waals surface area (Å²) in [6.07, 6.45) is 0.525. The highest BCUT2D eigenvalue weighted by Crippen LogP contribution is 2.16. The van der Waals surface area contributed by atoms with Crippen LogP contribution in [0.25, 0.3) is 0 Å². The van der Waals surface area contributed by atoms with E-state index in [0.717, 1.165) is 0 Å². The molecule has 1 amide bonds. The molecule has 14 heavy (non-hydrogen) atoms. The highest BCUT2D eigenvalue weighted by Gasteiger charge is 2.33. The van der Waals surface area contributed by atoms with Gasteiger partial charge in [-0.15, -0.1) is 0 Å². The minimum absolute atomic E-state index is 0.0714. The van der Waals surface area contributed by atoms with Gasteiger partial charge >= 0.3 is 0 Å². The van der Waals surface area contributed by atoms with Crippen molar-refractivity contribution < 1.29 is 13.2 Å². The number of carbonyl (C=O) groups is 1. The molecule has 5 nitrogen and oxygen atoms in total. The first-order chi connectivity index (χ1) is 6.33. The topological polar surface area (TPSA) is 80.5 Å². The number of nitrogens with two attached hydrogens (primary N) is 1. The minimum Gasteiger partial charge on any atom is -0.340 e. The smallest absolute Gasteiger partial charge is 0.239 e. The van der Waals surface area contributed by atoms with Crippen LogP contribution in [0.4, 0.5) is 0 Å². The molecule has 0 saturated carbocycles. The third-order valence-electron chi connectivity index (χ3n) is 2.49. The second-order valence-electron chi connectivity index (χ2n) is 3.79. The SMILES string of the molecule is CC(N)C(=O)N(C)C1CCS(=O)(=O)C1. The lowest BCUT2D eigenvalue weighted by atomic mass is 10.2. The number of sulfone groups is 1. The first-order valence-electron chi connectivity index (χ1n) is 4.56. The van der Waals surface area contributed by atoms with Gasteiger partial charge in [-0.3, -0.25) is 4.79 Å². The molecular weight excluding hydrogens is 204 g/mol. The molecule has 0 aromatic heterocycles. The molecule has 0 bridgehead atoms. The van der Waals surface area contributed by atoms with Crippen LogP contribution in [0.15, 0.2) is 0 Å². The van der Waals surface area contributed by atoms with Crippen LogP contribution in [0, 0.1) is 0 Å². The van der Waals surface area contributed by atoms with E-state index in [1.165, 1.54) is 4.90 Å². The van der Waals surface area contributed by atoms with Crippen molar-refractivity contribution in [3.63, 3.8) is 0 Å². The summed E-state index contributed by atoms with van der Waals surface area (Å²) >= 11 is 0. The molecule has 0 spiro atoms. The van der Waals surface area contributed by atoms with E-state index in [2.05, 4.69) is 0 Å². The van der Waals surface area contributed by atoms with Gasteiger partial charge in [0.15, 0.2) is 9.84 Å². The van der Waals surface area contributed by atoms with Crippen molar-refractivity contribution in [1.82, 2.24) is 4.90 Å². The van der Waals surface area contributed by atoms with Gasteiger partial charge in [0.25, 0.3) is 0 Å². The fourth-order valence-electron chi connectivity index (χ4n) is 1.58. The molecule has 2 N–H and O–H groups in total. The zero-order valence-corrected chi connectivity index (χ0v) is 9.25. The third-order valence-corrected chi connectivity index (χ3v) is 4.24. The summed E-state index contributed by atoms with van der Waals surface area (Å²) < 4.78 is 22.3. The third kappa shape index (κ3) is 2.45. The lowest BCUT2D eigenvalue weighted by Gasteiger charge is -2.24. The Labute approximate surface area is 84.2 Å². The molecule has 1 aliphatic rings. The van der Waals surface area contributed by atoms with Crippen molar-refractivity contribution in [1.29, 1.82) is 0 Å². The molecule has 1 heterocycles. The van der Waals surface area contributed by atoms with E-state index in [-0.39, 0.29) is 23.5 Å². The number of likely N-dealkylation sites (N-methyl/N-ethyl adjacent to an activating group) is 1. The molecule has 2 unspecified atom stereocenters. The Kier molecular flexibility index (Phi) is 3.16. The largest absolute Gasteiger partial charge is 0.340 e. The summed E-state index contributed by atoms with van der Waals surface area (Å²) in [6.45, 7) is 1.60. The van der Waals surface area contributed by atoms with Crippen LogP contribution >= 0.6 is 0 Å². The Bertz CT molecular complexity index is 323. The molecule has 1 fully saturated rings. The van der Waals surface area contributed by atoms with Crippen LogP contribution in [-0.4, -0.2) is 49.9 Å². The summed E-state index contributed by atoms with van der Waals surface area (Å²) in [5, 5.41) is 0. The van der Waals surface area contributed by atoms with Crippen molar-refractivity contribution in [2.75, 3.05) is 18.6 Å². The fraction of sp³-hybridized carbons (Fsp3) is 0.875. The molecule has 2 atom stereocenters. The molecule has 6 heteroatoms. The maximum absolute atomic E-state index is 11.4. The standard InChI is InChI=1S/C8H16N2O3S/c1-6(9)8(11)10(2)7-3-4-14(12,13)5-7/h6-7H,3-5,9H2,1-2H3. The highest BCUT2D eigenvalue weighted by atomic mass is 32.2. The van der Waals surface area contributed by atoms with Gasteiger partial charge in [0.2, 0.25) is 5.91 Å². The summed E-state index contributed by atoms with van der Waals surface area (Å²) in [6, 6.07) is -0.762. The molecule has 1 aliphatic heterocycles. The number of amides is 1. The second-order valence-corrected chi connectivity index (χ2v) is 6.02. The van der Waals surface area contributed by atoms with Gasteiger partial charge in [-0.1, -0.05) is 0 Å². The number of hydrogen-bond donors (Lipinski definition) is 1. The normalized spacial score (nSPS) is 27.2. The predicted octanol–water partition coefficient (Wildman–Crippen LogP) is -1.02. The molecule has 0 radical (unpaired) electrons. The summed E-state index contributed by atoms with van der Waals surface area (Å²) in [4.78, 5) is 12.9. The average molecular weight is 220 g/mol. The molecule has 1 saturated heterocycles. The highest BCUT2D eigenvalue weighted by molar-refractivity contribution is 7.91. The zero-order chi connectivity index (χ0) is 10.9. The van der Waals surface area contributed by atoms with Crippen LogP contribution in [0.5, 0.6) is 0 Å². The fourth-order valence-corrected chi connectivity index (χ4v) is 3.36. The van der Waals surface area contributed by atoms with E-state index in [1.807, 2.05) is 0 Å². The molecular formula is C8H16N2O3S. The maximum Gasteiger partial charge on any atom is 0.239 e. The van der Waals surface area contributed by atoms with E-state index in [4.69, 9.17) is 5.73 Å². The molecule has 0 aliphatic carbocycles. The van der Waals surface area contributed by atoms with Crippen LogP contribution in [0.1, 0.15) is 13.3 Å². The number of rotatable bonds is 2. The Morgan fingerprint density at radius 2 is 2.14 bits per heavy atom. The van der Waals surface area contributed by atoms with Gasteiger partial charge in [-0.05, 0) is 13.3 Å². The van der Waals surface area contributed by atoms with Crippen LogP contribution < -0.4 is 5.73 Å². The zero-order valence-electron chi connectivity index (χ0n) is 8.43. The summed E-state index contributed by atoms with van der Waals surface area (Å²) in [5.41, 5.74) is 5.43. The van der Waals surface area contributed by atoms with E-state index >= 15 is 0 Å². The van der Waals surface area contributed by atoms with Crippen molar-refractivity contribution >= 4 is 15.7 Å². The molecule has 82 valence electrons. The Balaban J connectivity index is 2.64. The molecule has 0 aromatic rings. The van der Waals surface area contributed by atoms with Gasteiger partial charge < -0.3 is 10.6 Å². The van der Waals surface area contributed by atoms with Gasteiger partial charge in [0, 0.05) is 13.1 Å². The second kappa shape index (κ2) is 3.86. The number of carbonyl (C=O) groups excluding carboxylic acids is 1. The lowest BCUT2D eigenvalue weighted by Crippen LogP contribution is -2.45. The van der Waals surface area contributed by atoms with E-state index in [1.54, 1.807) is 14.0 Å².